The smallest absolute Gasteiger partial charge is 0.137 e. The summed E-state index contributed by atoms with van der Waals surface area (Å²) in [7, 11) is 0. The number of ether oxygens (including phenoxy) is 1. The number of aliphatic hydroxyl groups excluding tert-OH is 1. The van der Waals surface area contributed by atoms with E-state index in [9.17, 15) is 5.11 Å². The van der Waals surface area contributed by atoms with Crippen LogP contribution in [0.25, 0.3) is 0 Å². The van der Waals surface area contributed by atoms with Crippen molar-refractivity contribution < 1.29 is 15.2 Å². The average molecular weight is 285 g/mol. The standard InChI is InChI=1S/C15H22ClNO2/c1-11-8-14(6-7-15(11)16)19-10-13(18)9-17-12-4-2-3-5-12/h6-8,12-13,17-18H,2-5,9-10H2,1H3/p+1/t13-/m0/s1. The number of halogens is 1. The van der Waals surface area contributed by atoms with Crippen LogP contribution < -0.4 is 10.1 Å². The summed E-state index contributed by atoms with van der Waals surface area (Å²) >= 11 is 5.96. The van der Waals surface area contributed by atoms with E-state index >= 15 is 0 Å². The minimum atomic E-state index is -0.420. The van der Waals surface area contributed by atoms with Gasteiger partial charge in [-0.3, -0.25) is 0 Å². The second-order valence-electron chi connectivity index (χ2n) is 5.39. The predicted molar refractivity (Wildman–Crippen MR) is 76.7 cm³/mol. The van der Waals surface area contributed by atoms with Gasteiger partial charge in [0.1, 0.15) is 25.0 Å². The number of aryl methyl sites for hydroxylation is 1. The van der Waals surface area contributed by atoms with Crippen LogP contribution in [0.3, 0.4) is 0 Å². The van der Waals surface area contributed by atoms with Gasteiger partial charge in [0.05, 0.1) is 6.04 Å². The highest BCUT2D eigenvalue weighted by molar-refractivity contribution is 6.31. The van der Waals surface area contributed by atoms with Crippen molar-refractivity contribution >= 4 is 11.6 Å². The molecule has 2 rings (SSSR count). The minimum Gasteiger partial charge on any atom is -0.491 e. The highest BCUT2D eigenvalue weighted by Gasteiger charge is 2.19. The molecular weight excluding hydrogens is 262 g/mol. The van der Waals surface area contributed by atoms with E-state index in [1.54, 1.807) is 0 Å². The van der Waals surface area contributed by atoms with Gasteiger partial charge in [0.25, 0.3) is 0 Å². The molecule has 1 aliphatic rings. The second-order valence-corrected chi connectivity index (χ2v) is 5.80. The number of nitrogens with two attached hydrogens (primary N) is 1. The fraction of sp³-hybridized carbons (Fsp3) is 0.600. The lowest BCUT2D eigenvalue weighted by molar-refractivity contribution is -0.693. The molecule has 0 spiro atoms. The van der Waals surface area contributed by atoms with E-state index in [4.69, 9.17) is 16.3 Å². The highest BCUT2D eigenvalue weighted by atomic mass is 35.5. The lowest BCUT2D eigenvalue weighted by atomic mass is 10.2. The Morgan fingerprint density at radius 2 is 2.16 bits per heavy atom. The van der Waals surface area contributed by atoms with Crippen molar-refractivity contribution in [3.63, 3.8) is 0 Å². The molecule has 4 heteroatoms. The molecule has 1 saturated carbocycles. The summed E-state index contributed by atoms with van der Waals surface area (Å²) in [5, 5.41) is 12.9. The van der Waals surface area contributed by atoms with Crippen LogP contribution >= 0.6 is 11.6 Å². The Morgan fingerprint density at radius 3 is 2.84 bits per heavy atom. The molecule has 0 saturated heterocycles. The zero-order chi connectivity index (χ0) is 13.7. The fourth-order valence-corrected chi connectivity index (χ4v) is 2.63. The SMILES string of the molecule is Cc1cc(OC[C@@H](O)C[NH2+]C2CCCC2)ccc1Cl. The first kappa shape index (κ1) is 14.6. The summed E-state index contributed by atoms with van der Waals surface area (Å²) in [5.41, 5.74) is 0.992. The fourth-order valence-electron chi connectivity index (χ4n) is 2.51. The molecule has 0 aliphatic heterocycles. The molecule has 1 fully saturated rings. The van der Waals surface area contributed by atoms with Crippen LogP contribution in [0.1, 0.15) is 31.2 Å². The van der Waals surface area contributed by atoms with E-state index in [0.29, 0.717) is 12.6 Å². The zero-order valence-electron chi connectivity index (χ0n) is 11.4. The second kappa shape index (κ2) is 7.13. The number of hydrogen-bond acceptors (Lipinski definition) is 2. The third kappa shape index (κ3) is 4.68. The van der Waals surface area contributed by atoms with Gasteiger partial charge < -0.3 is 15.2 Å². The van der Waals surface area contributed by atoms with E-state index in [-0.39, 0.29) is 0 Å². The zero-order valence-corrected chi connectivity index (χ0v) is 12.2. The van der Waals surface area contributed by atoms with Gasteiger partial charge in [0.15, 0.2) is 0 Å². The van der Waals surface area contributed by atoms with Gasteiger partial charge in [-0.15, -0.1) is 0 Å². The van der Waals surface area contributed by atoms with E-state index in [0.717, 1.165) is 22.9 Å². The Labute approximate surface area is 119 Å². The van der Waals surface area contributed by atoms with Crippen LogP contribution in [-0.2, 0) is 0 Å². The van der Waals surface area contributed by atoms with Crippen molar-refractivity contribution in [1.82, 2.24) is 0 Å². The van der Waals surface area contributed by atoms with Crippen LogP contribution in [0.4, 0.5) is 0 Å². The number of hydrogen-bond donors (Lipinski definition) is 2. The molecule has 1 aliphatic carbocycles. The number of rotatable bonds is 6. The Bertz CT molecular complexity index is 405. The van der Waals surface area contributed by atoms with Crippen LogP contribution in [-0.4, -0.2) is 30.4 Å². The van der Waals surface area contributed by atoms with Crippen molar-refractivity contribution in [3.8, 4) is 5.75 Å². The first-order valence-electron chi connectivity index (χ1n) is 7.05. The largest absolute Gasteiger partial charge is 0.491 e. The van der Waals surface area contributed by atoms with Gasteiger partial charge in [0, 0.05) is 5.02 Å². The maximum absolute atomic E-state index is 9.91. The average Bonchev–Trinajstić information content (AvgIpc) is 2.91. The van der Waals surface area contributed by atoms with Crippen molar-refractivity contribution in [2.75, 3.05) is 13.2 Å². The van der Waals surface area contributed by atoms with Gasteiger partial charge in [-0.2, -0.15) is 0 Å². The van der Waals surface area contributed by atoms with E-state index < -0.39 is 6.10 Å². The maximum Gasteiger partial charge on any atom is 0.137 e. The Kier molecular flexibility index (Phi) is 5.49. The van der Waals surface area contributed by atoms with E-state index in [2.05, 4.69) is 5.32 Å². The first-order valence-corrected chi connectivity index (χ1v) is 7.43. The van der Waals surface area contributed by atoms with Gasteiger partial charge >= 0.3 is 0 Å². The van der Waals surface area contributed by atoms with Crippen LogP contribution in [0.2, 0.25) is 5.02 Å². The monoisotopic (exact) mass is 284 g/mol. The van der Waals surface area contributed by atoms with Gasteiger partial charge in [-0.05, 0) is 56.4 Å². The number of benzene rings is 1. The quantitative estimate of drug-likeness (QED) is 0.838. The van der Waals surface area contributed by atoms with Gasteiger partial charge in [-0.1, -0.05) is 11.6 Å². The van der Waals surface area contributed by atoms with E-state index in [1.165, 1.54) is 25.7 Å². The van der Waals surface area contributed by atoms with Gasteiger partial charge in [0.2, 0.25) is 0 Å². The minimum absolute atomic E-state index is 0.338. The number of aliphatic hydroxyl groups is 1. The molecule has 3 N–H and O–H groups in total. The predicted octanol–water partition coefficient (Wildman–Crippen LogP) is 1.89. The molecule has 1 aromatic carbocycles. The summed E-state index contributed by atoms with van der Waals surface area (Å²) in [4.78, 5) is 0. The molecule has 1 aromatic rings. The van der Waals surface area contributed by atoms with Crippen molar-refractivity contribution in [1.29, 1.82) is 0 Å². The topological polar surface area (TPSA) is 46.1 Å². The molecule has 0 unspecified atom stereocenters. The maximum atomic E-state index is 9.91. The van der Waals surface area contributed by atoms with Crippen molar-refractivity contribution in [3.05, 3.63) is 28.8 Å². The highest BCUT2D eigenvalue weighted by Crippen LogP contribution is 2.21. The normalized spacial score (nSPS) is 17.6. The molecule has 106 valence electrons. The van der Waals surface area contributed by atoms with Gasteiger partial charge in [-0.25, -0.2) is 0 Å². The molecule has 0 aromatic heterocycles. The van der Waals surface area contributed by atoms with Crippen LogP contribution in [0.5, 0.6) is 5.75 Å². The molecule has 0 bridgehead atoms. The summed E-state index contributed by atoms with van der Waals surface area (Å²) in [6, 6.07) is 6.26. The molecule has 3 nitrogen and oxygen atoms in total. The van der Waals surface area contributed by atoms with Crippen molar-refractivity contribution in [2.45, 2.75) is 44.8 Å². The Balaban J connectivity index is 1.70. The third-order valence-corrected chi connectivity index (χ3v) is 4.14. The van der Waals surface area contributed by atoms with Crippen LogP contribution in [0, 0.1) is 6.92 Å². The van der Waals surface area contributed by atoms with Crippen LogP contribution in [0.15, 0.2) is 18.2 Å². The Hall–Kier alpha value is -0.770. The lowest BCUT2D eigenvalue weighted by Gasteiger charge is -2.14. The third-order valence-electron chi connectivity index (χ3n) is 3.71. The van der Waals surface area contributed by atoms with E-state index in [1.807, 2.05) is 25.1 Å². The Morgan fingerprint density at radius 1 is 1.42 bits per heavy atom. The molecule has 1 atom stereocenters. The summed E-state index contributed by atoms with van der Waals surface area (Å²) in [6.07, 6.45) is 4.81. The molecule has 0 radical (unpaired) electrons. The first-order chi connectivity index (χ1) is 9.15. The molecule has 19 heavy (non-hydrogen) atoms. The molecular formula is C15H23ClNO2+. The lowest BCUT2D eigenvalue weighted by Crippen LogP contribution is -2.91. The van der Waals surface area contributed by atoms with Crippen molar-refractivity contribution in [2.24, 2.45) is 0 Å². The summed E-state index contributed by atoms with van der Waals surface area (Å²) in [6.45, 7) is 3.00. The molecule has 0 amide bonds. The summed E-state index contributed by atoms with van der Waals surface area (Å²) < 4.78 is 5.59. The molecule has 0 heterocycles. The summed E-state index contributed by atoms with van der Waals surface area (Å²) in [5.74, 6) is 0.766. The number of quaternary nitrogens is 1.